The molecule has 0 bridgehead atoms. The molecule has 0 radical (unpaired) electrons. The number of imidazole rings is 1. The number of fused-ring (bicyclic) bond motifs is 1. The highest BCUT2D eigenvalue weighted by molar-refractivity contribution is 7.15. The summed E-state index contributed by atoms with van der Waals surface area (Å²) in [5, 5.41) is 1.93. The van der Waals surface area contributed by atoms with Gasteiger partial charge < -0.3 is 0 Å². The quantitative estimate of drug-likeness (QED) is 0.673. The van der Waals surface area contributed by atoms with Gasteiger partial charge in [-0.1, -0.05) is 31.2 Å². The predicted octanol–water partition coefficient (Wildman–Crippen LogP) is 3.44. The van der Waals surface area contributed by atoms with E-state index in [1.165, 1.54) is 16.9 Å². The van der Waals surface area contributed by atoms with Crippen molar-refractivity contribution < 1.29 is 4.79 Å². The molecule has 0 aliphatic carbocycles. The van der Waals surface area contributed by atoms with Crippen molar-refractivity contribution in [2.45, 2.75) is 13.3 Å². The number of aldehydes is 1. The van der Waals surface area contributed by atoms with Gasteiger partial charge in [0.15, 0.2) is 11.2 Å². The average Bonchev–Trinajstić information content (AvgIpc) is 2.98. The molecule has 1 aromatic carbocycles. The van der Waals surface area contributed by atoms with E-state index in [2.05, 4.69) is 24.0 Å². The number of aryl methyl sites for hydroxylation is 1. The maximum atomic E-state index is 11.2. The van der Waals surface area contributed by atoms with Crippen LogP contribution in [0.5, 0.6) is 0 Å². The maximum Gasteiger partial charge on any atom is 0.194 e. The van der Waals surface area contributed by atoms with Gasteiger partial charge in [-0.05, 0) is 12.0 Å². The maximum absolute atomic E-state index is 11.2. The third-order valence-corrected chi connectivity index (χ3v) is 3.80. The number of hydrogen-bond donors (Lipinski definition) is 0. The van der Waals surface area contributed by atoms with E-state index in [0.29, 0.717) is 5.69 Å². The summed E-state index contributed by atoms with van der Waals surface area (Å²) in [6, 6.07) is 8.21. The molecule has 3 aromatic rings. The highest BCUT2D eigenvalue weighted by Crippen LogP contribution is 2.25. The van der Waals surface area contributed by atoms with E-state index < -0.39 is 0 Å². The van der Waals surface area contributed by atoms with Gasteiger partial charge >= 0.3 is 0 Å². The number of thiazole rings is 1. The second-order valence-electron chi connectivity index (χ2n) is 4.07. The summed E-state index contributed by atoms with van der Waals surface area (Å²) in [6.45, 7) is 2.12. The smallest absolute Gasteiger partial charge is 0.194 e. The summed E-state index contributed by atoms with van der Waals surface area (Å²) in [5.74, 6) is 0. The fourth-order valence-corrected chi connectivity index (χ4v) is 2.75. The van der Waals surface area contributed by atoms with E-state index in [1.54, 1.807) is 0 Å². The first-order valence-electron chi connectivity index (χ1n) is 5.83. The van der Waals surface area contributed by atoms with E-state index in [0.717, 1.165) is 28.9 Å². The van der Waals surface area contributed by atoms with Gasteiger partial charge in [-0.2, -0.15) is 0 Å². The molecule has 2 heterocycles. The lowest BCUT2D eigenvalue weighted by molar-refractivity contribution is 0.111. The van der Waals surface area contributed by atoms with E-state index in [9.17, 15) is 4.79 Å². The summed E-state index contributed by atoms with van der Waals surface area (Å²) in [5.41, 5.74) is 3.66. The van der Waals surface area contributed by atoms with Crippen molar-refractivity contribution in [3.63, 3.8) is 0 Å². The molecule has 0 saturated carbocycles. The van der Waals surface area contributed by atoms with Crippen LogP contribution in [0.25, 0.3) is 16.2 Å². The summed E-state index contributed by atoms with van der Waals surface area (Å²) in [6.07, 6.45) is 3.76. The SMILES string of the molecule is CCc1ccc(-c2nc3sccn3c2C=O)cc1. The standard InChI is InChI=1S/C14H12N2OS/c1-2-10-3-5-11(6-4-10)13-12(9-17)16-7-8-18-14(16)15-13/h3-9H,2H2,1H3. The zero-order valence-electron chi connectivity index (χ0n) is 9.96. The lowest BCUT2D eigenvalue weighted by Crippen LogP contribution is -1.90. The van der Waals surface area contributed by atoms with Crippen LogP contribution in [-0.2, 0) is 6.42 Å². The van der Waals surface area contributed by atoms with Crippen molar-refractivity contribution in [1.82, 2.24) is 9.38 Å². The number of rotatable bonds is 3. The van der Waals surface area contributed by atoms with Crippen LogP contribution >= 0.6 is 11.3 Å². The molecule has 3 nitrogen and oxygen atoms in total. The van der Waals surface area contributed by atoms with Gasteiger partial charge in [0.1, 0.15) is 11.4 Å². The molecular formula is C14H12N2OS. The average molecular weight is 256 g/mol. The van der Waals surface area contributed by atoms with E-state index in [1.807, 2.05) is 28.1 Å². The Balaban J connectivity index is 2.17. The Bertz CT molecular complexity index is 694. The molecule has 0 unspecified atom stereocenters. The Labute approximate surface area is 109 Å². The zero-order valence-corrected chi connectivity index (χ0v) is 10.8. The Hall–Kier alpha value is -1.94. The summed E-state index contributed by atoms with van der Waals surface area (Å²) >= 11 is 1.53. The van der Waals surface area contributed by atoms with Crippen LogP contribution in [0.2, 0.25) is 0 Å². The second kappa shape index (κ2) is 4.38. The number of benzene rings is 1. The van der Waals surface area contributed by atoms with E-state index in [4.69, 9.17) is 0 Å². The summed E-state index contributed by atoms with van der Waals surface area (Å²) in [4.78, 5) is 16.6. The lowest BCUT2D eigenvalue weighted by atomic mass is 10.1. The van der Waals surface area contributed by atoms with Gasteiger partial charge in [-0.15, -0.1) is 11.3 Å². The summed E-state index contributed by atoms with van der Waals surface area (Å²) in [7, 11) is 0. The Kier molecular flexibility index (Phi) is 2.72. The van der Waals surface area contributed by atoms with Crippen LogP contribution in [-0.4, -0.2) is 15.7 Å². The zero-order chi connectivity index (χ0) is 12.5. The van der Waals surface area contributed by atoms with Gasteiger partial charge in [0.05, 0.1) is 0 Å². The molecule has 0 aliphatic heterocycles. The predicted molar refractivity (Wildman–Crippen MR) is 73.3 cm³/mol. The molecule has 0 N–H and O–H groups in total. The largest absolute Gasteiger partial charge is 0.296 e. The van der Waals surface area contributed by atoms with Crippen molar-refractivity contribution in [3.8, 4) is 11.3 Å². The van der Waals surface area contributed by atoms with Crippen LogP contribution in [0, 0.1) is 0 Å². The van der Waals surface area contributed by atoms with Crippen LogP contribution in [0.15, 0.2) is 35.8 Å². The number of nitrogens with zero attached hydrogens (tertiary/aromatic N) is 2. The van der Waals surface area contributed by atoms with E-state index in [-0.39, 0.29) is 0 Å². The van der Waals surface area contributed by atoms with Crippen molar-refractivity contribution in [3.05, 3.63) is 47.1 Å². The molecule has 4 heteroatoms. The number of hydrogen-bond acceptors (Lipinski definition) is 3. The van der Waals surface area contributed by atoms with Crippen molar-refractivity contribution in [2.24, 2.45) is 0 Å². The molecule has 0 amide bonds. The Morgan fingerprint density at radius 2 is 2.11 bits per heavy atom. The minimum absolute atomic E-state index is 0.621. The van der Waals surface area contributed by atoms with Gasteiger partial charge in [-0.25, -0.2) is 4.98 Å². The molecule has 3 rings (SSSR count). The molecule has 90 valence electrons. The first-order valence-corrected chi connectivity index (χ1v) is 6.71. The number of carbonyl (C=O) groups is 1. The van der Waals surface area contributed by atoms with E-state index >= 15 is 0 Å². The molecule has 0 atom stereocenters. The first kappa shape index (κ1) is 11.2. The molecule has 18 heavy (non-hydrogen) atoms. The molecule has 2 aromatic heterocycles. The van der Waals surface area contributed by atoms with Gasteiger partial charge in [-0.3, -0.25) is 9.20 Å². The van der Waals surface area contributed by atoms with Gasteiger partial charge in [0.25, 0.3) is 0 Å². The third kappa shape index (κ3) is 1.66. The highest BCUT2D eigenvalue weighted by Gasteiger charge is 2.13. The minimum Gasteiger partial charge on any atom is -0.296 e. The lowest BCUT2D eigenvalue weighted by Gasteiger charge is -2.00. The molecule has 0 spiro atoms. The topological polar surface area (TPSA) is 34.4 Å². The van der Waals surface area contributed by atoms with Crippen LogP contribution < -0.4 is 0 Å². The van der Waals surface area contributed by atoms with Crippen molar-refractivity contribution >= 4 is 22.6 Å². The Morgan fingerprint density at radius 3 is 2.78 bits per heavy atom. The molecule has 0 saturated heterocycles. The molecule has 0 aliphatic rings. The summed E-state index contributed by atoms with van der Waals surface area (Å²) < 4.78 is 1.83. The first-order chi connectivity index (χ1) is 8.83. The second-order valence-corrected chi connectivity index (χ2v) is 4.94. The fraction of sp³-hybridized carbons (Fsp3) is 0.143. The van der Waals surface area contributed by atoms with Crippen LogP contribution in [0.3, 0.4) is 0 Å². The van der Waals surface area contributed by atoms with Crippen molar-refractivity contribution in [2.75, 3.05) is 0 Å². The Morgan fingerprint density at radius 1 is 1.33 bits per heavy atom. The molecular weight excluding hydrogens is 244 g/mol. The van der Waals surface area contributed by atoms with Gasteiger partial charge in [0, 0.05) is 17.1 Å². The van der Waals surface area contributed by atoms with Crippen LogP contribution in [0.4, 0.5) is 0 Å². The third-order valence-electron chi connectivity index (χ3n) is 3.05. The highest BCUT2D eigenvalue weighted by atomic mass is 32.1. The number of aromatic nitrogens is 2. The minimum atomic E-state index is 0.621. The normalized spacial score (nSPS) is 10.9. The van der Waals surface area contributed by atoms with Crippen molar-refractivity contribution in [1.29, 1.82) is 0 Å². The van der Waals surface area contributed by atoms with Crippen LogP contribution in [0.1, 0.15) is 23.0 Å². The fourth-order valence-electron chi connectivity index (χ4n) is 2.03. The number of carbonyl (C=O) groups excluding carboxylic acids is 1. The van der Waals surface area contributed by atoms with Gasteiger partial charge in [0.2, 0.25) is 0 Å². The monoisotopic (exact) mass is 256 g/mol. The molecule has 0 fully saturated rings.